The first-order valence-electron chi connectivity index (χ1n) is 10.5. The number of nitrogens with two attached hydrogens (primary N) is 1. The van der Waals surface area contributed by atoms with E-state index < -0.39 is 42.5 Å². The van der Waals surface area contributed by atoms with Crippen LogP contribution in [0.25, 0.3) is 0 Å². The maximum atomic E-state index is 13.1. The second kappa shape index (κ2) is 12.5. The molecule has 174 valence electrons. The number of rotatable bonds is 12. The summed E-state index contributed by atoms with van der Waals surface area (Å²) >= 11 is 0. The van der Waals surface area contributed by atoms with Gasteiger partial charge < -0.3 is 26.0 Å². The summed E-state index contributed by atoms with van der Waals surface area (Å²) in [5.41, 5.74) is 6.03. The van der Waals surface area contributed by atoms with Crippen molar-refractivity contribution in [2.45, 2.75) is 72.5 Å². The highest BCUT2D eigenvalue weighted by Crippen LogP contribution is 2.15. The number of hydrogen-bond acceptors (Lipinski definition) is 5. The van der Waals surface area contributed by atoms with Gasteiger partial charge in [-0.1, -0.05) is 41.5 Å². The zero-order valence-corrected chi connectivity index (χ0v) is 19.6. The molecule has 0 aliphatic carbocycles. The number of amides is 3. The number of aliphatic carboxylic acids is 1. The molecule has 0 aliphatic heterocycles. The minimum atomic E-state index is -1.14. The molecule has 0 bridgehead atoms. The summed E-state index contributed by atoms with van der Waals surface area (Å²) in [6.45, 7) is 10.9. The summed E-state index contributed by atoms with van der Waals surface area (Å²) in [4.78, 5) is 51.9. The van der Waals surface area contributed by atoms with E-state index in [4.69, 9.17) is 10.8 Å². The van der Waals surface area contributed by atoms with Crippen LogP contribution in [0.5, 0.6) is 0 Å². The fourth-order valence-corrected chi connectivity index (χ4v) is 3.19. The molecule has 0 spiro atoms. The molecule has 9 heteroatoms. The lowest BCUT2D eigenvalue weighted by atomic mass is 9.97. The topological polar surface area (TPSA) is 133 Å². The molecule has 0 heterocycles. The van der Waals surface area contributed by atoms with E-state index in [0.717, 1.165) is 4.90 Å². The Balaban J connectivity index is 5.55. The third-order valence-electron chi connectivity index (χ3n) is 4.83. The minimum absolute atomic E-state index is 0.125. The molecule has 0 radical (unpaired) electrons. The van der Waals surface area contributed by atoms with Gasteiger partial charge in [-0.3, -0.25) is 19.2 Å². The van der Waals surface area contributed by atoms with Gasteiger partial charge in [-0.25, -0.2) is 0 Å². The number of carbonyl (C=O) groups is 4. The quantitative estimate of drug-likeness (QED) is 0.423. The standard InChI is InChI=1S/C21H40N4O5/c1-12(2)9-15(22)20(29)25(8)16(10-13(3)4)19(28)23-18(14(5)6)21(30)24(7)11-17(26)27/h12-16,18H,9-11,22H2,1-8H3,(H,23,28)(H,26,27)/t15-,16-,18-/m0/s1. The maximum absolute atomic E-state index is 13.1. The third kappa shape index (κ3) is 9.11. The molecule has 0 aliphatic rings. The monoisotopic (exact) mass is 428 g/mol. The lowest BCUT2D eigenvalue weighted by molar-refractivity contribution is -0.146. The van der Waals surface area contributed by atoms with Gasteiger partial charge in [-0.05, 0) is 30.6 Å². The molecule has 0 saturated heterocycles. The van der Waals surface area contributed by atoms with Crippen LogP contribution in [0.15, 0.2) is 0 Å². The van der Waals surface area contributed by atoms with Crippen molar-refractivity contribution in [3.05, 3.63) is 0 Å². The molecule has 0 unspecified atom stereocenters. The van der Waals surface area contributed by atoms with E-state index in [0.29, 0.717) is 12.8 Å². The Bertz CT molecular complexity index is 606. The lowest BCUT2D eigenvalue weighted by Crippen LogP contribution is -2.58. The van der Waals surface area contributed by atoms with Crippen LogP contribution >= 0.6 is 0 Å². The van der Waals surface area contributed by atoms with Crippen molar-refractivity contribution in [2.75, 3.05) is 20.6 Å². The second-order valence-electron chi connectivity index (χ2n) is 9.15. The van der Waals surface area contributed by atoms with Gasteiger partial charge >= 0.3 is 5.97 Å². The normalized spacial score (nSPS) is 14.4. The van der Waals surface area contributed by atoms with Gasteiger partial charge in [-0.2, -0.15) is 0 Å². The largest absolute Gasteiger partial charge is 0.480 e. The van der Waals surface area contributed by atoms with Crippen LogP contribution in [0.1, 0.15) is 54.4 Å². The first-order valence-corrected chi connectivity index (χ1v) is 10.5. The Labute approximate surface area is 180 Å². The molecular weight excluding hydrogens is 388 g/mol. The Morgan fingerprint density at radius 1 is 0.900 bits per heavy atom. The van der Waals surface area contributed by atoms with Crippen LogP contribution in [0.3, 0.4) is 0 Å². The number of likely N-dealkylation sites (N-methyl/N-ethyl adjacent to an activating group) is 2. The highest BCUT2D eigenvalue weighted by Gasteiger charge is 2.34. The van der Waals surface area contributed by atoms with Gasteiger partial charge in [0, 0.05) is 14.1 Å². The van der Waals surface area contributed by atoms with Gasteiger partial charge in [0.15, 0.2) is 0 Å². The Morgan fingerprint density at radius 2 is 1.40 bits per heavy atom. The zero-order chi connectivity index (χ0) is 23.8. The number of hydrogen-bond donors (Lipinski definition) is 3. The van der Waals surface area contributed by atoms with E-state index in [1.165, 1.54) is 11.9 Å². The molecule has 0 rings (SSSR count). The molecular formula is C21H40N4O5. The van der Waals surface area contributed by atoms with Crippen LogP contribution in [-0.4, -0.2) is 77.4 Å². The Kier molecular flexibility index (Phi) is 11.6. The summed E-state index contributed by atoms with van der Waals surface area (Å²) < 4.78 is 0. The average Bonchev–Trinajstić information content (AvgIpc) is 2.60. The van der Waals surface area contributed by atoms with Crippen LogP contribution in [0, 0.1) is 17.8 Å². The summed E-state index contributed by atoms with van der Waals surface area (Å²) in [6.07, 6.45) is 0.915. The van der Waals surface area contributed by atoms with E-state index >= 15 is 0 Å². The maximum Gasteiger partial charge on any atom is 0.323 e. The van der Waals surface area contributed by atoms with E-state index in [1.807, 2.05) is 27.7 Å². The molecule has 0 aromatic carbocycles. The number of nitrogens with one attached hydrogen (secondary N) is 1. The molecule has 0 aromatic rings. The predicted octanol–water partition coefficient (Wildman–Crippen LogP) is 0.917. The number of nitrogens with zero attached hydrogens (tertiary/aromatic N) is 2. The van der Waals surface area contributed by atoms with Crippen LogP contribution in [0.2, 0.25) is 0 Å². The summed E-state index contributed by atoms with van der Waals surface area (Å²) in [7, 11) is 2.93. The third-order valence-corrected chi connectivity index (χ3v) is 4.83. The Hall–Kier alpha value is -2.16. The molecule has 4 N–H and O–H groups in total. The van der Waals surface area contributed by atoms with Gasteiger partial charge in [0.1, 0.15) is 18.6 Å². The smallest absolute Gasteiger partial charge is 0.323 e. The van der Waals surface area contributed by atoms with Crippen molar-refractivity contribution in [2.24, 2.45) is 23.5 Å². The van der Waals surface area contributed by atoms with Gasteiger partial charge in [0.05, 0.1) is 6.04 Å². The molecule has 0 aromatic heterocycles. The van der Waals surface area contributed by atoms with Crippen molar-refractivity contribution in [1.82, 2.24) is 15.1 Å². The molecule has 3 amide bonds. The second-order valence-corrected chi connectivity index (χ2v) is 9.15. The predicted molar refractivity (Wildman–Crippen MR) is 115 cm³/mol. The van der Waals surface area contributed by atoms with E-state index in [9.17, 15) is 19.2 Å². The molecule has 0 fully saturated rings. The number of carbonyl (C=O) groups excluding carboxylic acids is 3. The van der Waals surface area contributed by atoms with Crippen molar-refractivity contribution >= 4 is 23.7 Å². The lowest BCUT2D eigenvalue weighted by Gasteiger charge is -2.33. The van der Waals surface area contributed by atoms with E-state index in [-0.39, 0.29) is 23.7 Å². The molecule has 3 atom stereocenters. The molecule has 9 nitrogen and oxygen atoms in total. The average molecular weight is 429 g/mol. The highest BCUT2D eigenvalue weighted by molar-refractivity contribution is 5.93. The van der Waals surface area contributed by atoms with Gasteiger partial charge in [0.2, 0.25) is 17.7 Å². The van der Waals surface area contributed by atoms with Gasteiger partial charge in [0.25, 0.3) is 0 Å². The summed E-state index contributed by atoms with van der Waals surface area (Å²) in [5, 5.41) is 11.7. The number of carboxylic acids is 1. The van der Waals surface area contributed by atoms with Crippen molar-refractivity contribution in [3.63, 3.8) is 0 Å². The van der Waals surface area contributed by atoms with Crippen molar-refractivity contribution < 1.29 is 24.3 Å². The van der Waals surface area contributed by atoms with E-state index in [2.05, 4.69) is 5.32 Å². The summed E-state index contributed by atoms with van der Waals surface area (Å²) in [6, 6.07) is -2.39. The van der Waals surface area contributed by atoms with Crippen LogP contribution in [0.4, 0.5) is 0 Å². The molecule has 30 heavy (non-hydrogen) atoms. The SMILES string of the molecule is CC(C)C[C@H](N)C(=O)N(C)[C@@H](CC(C)C)C(=O)N[C@H](C(=O)N(C)CC(=O)O)C(C)C. The highest BCUT2D eigenvalue weighted by atomic mass is 16.4. The van der Waals surface area contributed by atoms with Crippen LogP contribution < -0.4 is 11.1 Å². The Morgan fingerprint density at radius 3 is 1.80 bits per heavy atom. The first kappa shape index (κ1) is 27.8. The number of carboxylic acid groups (broad SMARTS) is 1. The fourth-order valence-electron chi connectivity index (χ4n) is 3.19. The van der Waals surface area contributed by atoms with Crippen molar-refractivity contribution in [3.8, 4) is 0 Å². The fraction of sp³-hybridized carbons (Fsp3) is 0.810. The minimum Gasteiger partial charge on any atom is -0.480 e. The zero-order valence-electron chi connectivity index (χ0n) is 19.6. The van der Waals surface area contributed by atoms with Crippen LogP contribution in [-0.2, 0) is 19.2 Å². The van der Waals surface area contributed by atoms with Crippen molar-refractivity contribution in [1.29, 1.82) is 0 Å². The van der Waals surface area contributed by atoms with Gasteiger partial charge in [-0.15, -0.1) is 0 Å². The van der Waals surface area contributed by atoms with E-state index in [1.54, 1.807) is 20.9 Å². The summed E-state index contributed by atoms with van der Waals surface area (Å²) in [5.74, 6) is -2.30. The first-order chi connectivity index (χ1) is 13.7. The molecule has 0 saturated carbocycles.